The topological polar surface area (TPSA) is 84.3 Å². The van der Waals surface area contributed by atoms with Gasteiger partial charge >= 0.3 is 5.97 Å². The van der Waals surface area contributed by atoms with Crippen molar-refractivity contribution in [3.8, 4) is 16.9 Å². The summed E-state index contributed by atoms with van der Waals surface area (Å²) in [6.45, 7) is 4.77. The van der Waals surface area contributed by atoms with E-state index < -0.39 is 5.97 Å². The summed E-state index contributed by atoms with van der Waals surface area (Å²) in [5.74, 6) is 0.738. The van der Waals surface area contributed by atoms with Crippen LogP contribution >= 0.6 is 12.6 Å². The van der Waals surface area contributed by atoms with Crippen molar-refractivity contribution in [1.29, 1.82) is 0 Å². The SMILES string of the molecule is Cc1cc(OCCCS)cc(C)c1-c1ccc(F)c2c1CC[C@H]2Nc1cnc([C@@H]2CC2C(=O)O)cn1. The van der Waals surface area contributed by atoms with Crippen molar-refractivity contribution in [2.75, 3.05) is 17.7 Å². The Balaban J connectivity index is 1.38. The number of ether oxygens (including phenoxy) is 1. The number of hydrogen-bond donors (Lipinski definition) is 3. The molecule has 3 aromatic rings. The van der Waals surface area contributed by atoms with Crippen LogP contribution in [0.2, 0.25) is 0 Å². The van der Waals surface area contributed by atoms with Gasteiger partial charge in [0.2, 0.25) is 0 Å². The lowest BCUT2D eigenvalue weighted by Crippen LogP contribution is -2.11. The number of aryl methyl sites for hydroxylation is 2. The Morgan fingerprint density at radius 2 is 2.00 bits per heavy atom. The molecule has 1 saturated carbocycles. The van der Waals surface area contributed by atoms with E-state index in [0.717, 1.165) is 58.6 Å². The van der Waals surface area contributed by atoms with Crippen LogP contribution in [-0.4, -0.2) is 33.4 Å². The fraction of sp³-hybridized carbons (Fsp3) is 0.393. The van der Waals surface area contributed by atoms with Crippen molar-refractivity contribution in [1.82, 2.24) is 9.97 Å². The van der Waals surface area contributed by atoms with Gasteiger partial charge in [-0.3, -0.25) is 9.78 Å². The number of carbonyl (C=O) groups is 1. The lowest BCUT2D eigenvalue weighted by atomic mass is 9.90. The largest absolute Gasteiger partial charge is 0.494 e. The minimum Gasteiger partial charge on any atom is -0.494 e. The molecule has 1 aromatic heterocycles. The summed E-state index contributed by atoms with van der Waals surface area (Å²) < 4.78 is 21.0. The van der Waals surface area contributed by atoms with E-state index in [0.29, 0.717) is 30.1 Å². The van der Waals surface area contributed by atoms with E-state index in [9.17, 15) is 4.79 Å². The number of hydrogen-bond acceptors (Lipinski definition) is 6. The minimum absolute atomic E-state index is 0.0671. The lowest BCUT2D eigenvalue weighted by Gasteiger charge is -2.19. The van der Waals surface area contributed by atoms with Crippen LogP contribution < -0.4 is 10.1 Å². The third kappa shape index (κ3) is 4.78. The van der Waals surface area contributed by atoms with E-state index in [4.69, 9.17) is 9.84 Å². The summed E-state index contributed by atoms with van der Waals surface area (Å²) in [5.41, 5.74) is 6.77. The van der Waals surface area contributed by atoms with E-state index in [1.165, 1.54) is 0 Å². The van der Waals surface area contributed by atoms with Gasteiger partial charge in [-0.1, -0.05) is 6.07 Å². The van der Waals surface area contributed by atoms with E-state index in [2.05, 4.69) is 41.8 Å². The van der Waals surface area contributed by atoms with Crippen LogP contribution in [0.3, 0.4) is 0 Å². The van der Waals surface area contributed by atoms with Gasteiger partial charge in [-0.15, -0.1) is 0 Å². The number of carboxylic acid groups (broad SMARTS) is 1. The molecule has 1 heterocycles. The monoisotopic (exact) mass is 507 g/mol. The Hall–Kier alpha value is -3.13. The van der Waals surface area contributed by atoms with Crippen molar-refractivity contribution < 1.29 is 19.0 Å². The highest BCUT2D eigenvalue weighted by Crippen LogP contribution is 2.47. The molecule has 2 aliphatic carbocycles. The van der Waals surface area contributed by atoms with Gasteiger partial charge in [0.1, 0.15) is 17.4 Å². The zero-order valence-corrected chi connectivity index (χ0v) is 21.3. The maximum Gasteiger partial charge on any atom is 0.307 e. The van der Waals surface area contributed by atoms with E-state index in [1.807, 2.05) is 18.2 Å². The zero-order chi connectivity index (χ0) is 25.4. The predicted molar refractivity (Wildman–Crippen MR) is 140 cm³/mol. The van der Waals surface area contributed by atoms with E-state index in [1.54, 1.807) is 18.5 Å². The molecule has 0 radical (unpaired) electrons. The number of carboxylic acids is 1. The molecule has 0 bridgehead atoms. The van der Waals surface area contributed by atoms with E-state index >= 15 is 4.39 Å². The molecular weight excluding hydrogens is 477 g/mol. The molecule has 8 heteroatoms. The average molecular weight is 508 g/mol. The van der Waals surface area contributed by atoms with Crippen LogP contribution in [0.4, 0.5) is 10.2 Å². The molecule has 3 atom stereocenters. The summed E-state index contributed by atoms with van der Waals surface area (Å²) in [6, 6.07) is 7.33. The van der Waals surface area contributed by atoms with Gasteiger partial charge in [0.15, 0.2) is 0 Å². The molecule has 5 rings (SSSR count). The highest BCUT2D eigenvalue weighted by atomic mass is 32.1. The predicted octanol–water partition coefficient (Wildman–Crippen LogP) is 5.89. The normalized spacial score (nSPS) is 20.2. The van der Waals surface area contributed by atoms with Crippen LogP contribution in [0.15, 0.2) is 36.7 Å². The number of rotatable bonds is 9. The van der Waals surface area contributed by atoms with Gasteiger partial charge in [-0.25, -0.2) is 9.37 Å². The first kappa shape index (κ1) is 24.6. The molecule has 0 saturated heterocycles. The Bertz CT molecular complexity index is 1270. The van der Waals surface area contributed by atoms with Gasteiger partial charge in [-0.2, -0.15) is 12.6 Å². The van der Waals surface area contributed by atoms with Crippen molar-refractivity contribution in [3.05, 3.63) is 70.4 Å². The van der Waals surface area contributed by atoms with Gasteiger partial charge < -0.3 is 15.2 Å². The van der Waals surface area contributed by atoms with Crippen LogP contribution in [0, 0.1) is 25.6 Å². The van der Waals surface area contributed by atoms with Gasteiger partial charge in [0, 0.05) is 11.5 Å². The highest BCUT2D eigenvalue weighted by Gasteiger charge is 2.45. The first-order valence-corrected chi connectivity index (χ1v) is 13.0. The van der Waals surface area contributed by atoms with E-state index in [-0.39, 0.29) is 23.7 Å². The summed E-state index contributed by atoms with van der Waals surface area (Å²) in [4.78, 5) is 20.0. The number of halogens is 1. The summed E-state index contributed by atoms with van der Waals surface area (Å²) in [5, 5.41) is 12.5. The number of fused-ring (bicyclic) bond motifs is 1. The number of thiol groups is 1. The van der Waals surface area contributed by atoms with Crippen molar-refractivity contribution in [2.24, 2.45) is 5.92 Å². The molecule has 36 heavy (non-hydrogen) atoms. The van der Waals surface area contributed by atoms with Crippen LogP contribution in [-0.2, 0) is 11.2 Å². The molecule has 1 unspecified atom stereocenters. The lowest BCUT2D eigenvalue weighted by molar-refractivity contribution is -0.138. The first-order valence-electron chi connectivity index (χ1n) is 12.3. The molecule has 188 valence electrons. The third-order valence-electron chi connectivity index (χ3n) is 7.16. The van der Waals surface area contributed by atoms with Gasteiger partial charge in [0.25, 0.3) is 0 Å². The average Bonchev–Trinajstić information content (AvgIpc) is 3.55. The Morgan fingerprint density at radius 1 is 1.22 bits per heavy atom. The fourth-order valence-corrected chi connectivity index (χ4v) is 5.49. The molecule has 1 fully saturated rings. The zero-order valence-electron chi connectivity index (χ0n) is 20.4. The van der Waals surface area contributed by atoms with Crippen LogP contribution in [0.5, 0.6) is 5.75 Å². The fourth-order valence-electron chi connectivity index (χ4n) is 5.36. The van der Waals surface area contributed by atoms with Gasteiger partial charge in [0.05, 0.1) is 36.7 Å². The van der Waals surface area contributed by atoms with Gasteiger partial charge in [-0.05, 0) is 91.3 Å². The maximum absolute atomic E-state index is 15.1. The molecule has 2 aromatic carbocycles. The second-order valence-electron chi connectivity index (χ2n) is 9.69. The number of nitrogens with zero attached hydrogens (tertiary/aromatic N) is 2. The van der Waals surface area contributed by atoms with Crippen molar-refractivity contribution in [3.63, 3.8) is 0 Å². The number of aliphatic carboxylic acids is 1. The highest BCUT2D eigenvalue weighted by molar-refractivity contribution is 7.80. The molecule has 2 N–H and O–H groups in total. The maximum atomic E-state index is 15.1. The molecule has 0 aliphatic heterocycles. The second-order valence-corrected chi connectivity index (χ2v) is 10.1. The summed E-state index contributed by atoms with van der Waals surface area (Å²) >= 11 is 4.24. The molecule has 0 spiro atoms. The standard InChI is InChI=1S/C28H30FN3O3S/c1-15-10-17(35-8-3-9-36)11-16(2)26(15)18-4-6-22(29)27-19(18)5-7-23(27)32-25-14-30-24(13-31-25)20-12-21(20)28(33)34/h4,6,10-11,13-14,20-21,23,36H,3,5,7-9,12H2,1-2H3,(H,31,32)(H,33,34)/t20-,21?,23-/m1/s1. The summed E-state index contributed by atoms with van der Waals surface area (Å²) in [6.07, 6.45) is 6.24. The Kier molecular flexibility index (Phi) is 6.88. The van der Waals surface area contributed by atoms with Crippen molar-refractivity contribution >= 4 is 24.4 Å². The number of nitrogens with one attached hydrogen (secondary N) is 1. The first-order chi connectivity index (χ1) is 17.4. The molecule has 6 nitrogen and oxygen atoms in total. The molecule has 2 aliphatic rings. The van der Waals surface area contributed by atoms with Crippen LogP contribution in [0.25, 0.3) is 11.1 Å². The third-order valence-corrected chi connectivity index (χ3v) is 7.48. The molecule has 0 amide bonds. The second kappa shape index (κ2) is 10.1. The Labute approximate surface area is 215 Å². The minimum atomic E-state index is -0.793. The van der Waals surface area contributed by atoms with Crippen LogP contribution in [0.1, 0.15) is 59.2 Å². The smallest absolute Gasteiger partial charge is 0.307 e. The van der Waals surface area contributed by atoms with Crippen molar-refractivity contribution in [2.45, 2.75) is 51.5 Å². The number of anilines is 1. The summed E-state index contributed by atoms with van der Waals surface area (Å²) in [7, 11) is 0. The molecular formula is C28H30FN3O3S. The Morgan fingerprint density at radius 3 is 2.64 bits per heavy atom. The quantitative estimate of drug-likeness (QED) is 0.248. The number of aromatic nitrogens is 2. The number of benzene rings is 2.